The van der Waals surface area contributed by atoms with Crippen molar-refractivity contribution >= 4 is 79.7 Å². The number of nitrogens with zero attached hydrogens (tertiary/aromatic N) is 1. The number of aromatic nitrogens is 1. The van der Waals surface area contributed by atoms with Gasteiger partial charge in [-0.25, -0.2) is 0 Å². The highest BCUT2D eigenvalue weighted by atomic mass is 79.9. The molecule has 4 aromatic rings. The zero-order valence-corrected chi connectivity index (χ0v) is 28.8. The van der Waals surface area contributed by atoms with Crippen LogP contribution in [0.25, 0.3) is 0 Å². The first-order chi connectivity index (χ1) is 22.7. The normalized spacial score (nSPS) is 27.0. The number of aromatic amines is 1. The number of anilines is 2. The molecule has 0 spiro atoms. The summed E-state index contributed by atoms with van der Waals surface area (Å²) in [6.07, 6.45) is 0.758. The van der Waals surface area contributed by atoms with Crippen molar-refractivity contribution in [2.75, 3.05) is 23.9 Å². The first-order valence-electron chi connectivity index (χ1n) is 15.1. The summed E-state index contributed by atoms with van der Waals surface area (Å²) in [5.41, 5.74) is 1.98. The van der Waals surface area contributed by atoms with E-state index in [-0.39, 0.29) is 58.1 Å². The number of amides is 3. The zero-order valence-electron chi connectivity index (χ0n) is 24.8. The molecular formula is C34H27BrClN3O6S2. The number of halogens is 2. The summed E-state index contributed by atoms with van der Waals surface area (Å²) < 4.78 is 12.2. The Morgan fingerprint density at radius 2 is 1.74 bits per heavy atom. The molecule has 7 atom stereocenters. The fourth-order valence-electron chi connectivity index (χ4n) is 8.12. The molecule has 3 heterocycles. The van der Waals surface area contributed by atoms with Crippen LogP contribution in [0.5, 0.6) is 11.5 Å². The van der Waals surface area contributed by atoms with Crippen LogP contribution in [-0.4, -0.2) is 41.7 Å². The quantitative estimate of drug-likeness (QED) is 0.206. The van der Waals surface area contributed by atoms with Crippen LogP contribution < -0.4 is 24.6 Å². The van der Waals surface area contributed by atoms with Gasteiger partial charge in [-0.1, -0.05) is 38.9 Å². The van der Waals surface area contributed by atoms with E-state index in [0.717, 1.165) is 26.4 Å². The number of benzene rings is 3. The van der Waals surface area contributed by atoms with E-state index < -0.39 is 11.8 Å². The van der Waals surface area contributed by atoms with Gasteiger partial charge in [-0.2, -0.15) is 0 Å². The summed E-state index contributed by atoms with van der Waals surface area (Å²) in [4.78, 5) is 58.8. The number of thiazole rings is 1. The Labute approximate surface area is 291 Å². The van der Waals surface area contributed by atoms with E-state index in [9.17, 15) is 19.2 Å². The average molecular weight is 753 g/mol. The van der Waals surface area contributed by atoms with Gasteiger partial charge in [-0.05, 0) is 90.9 Å². The summed E-state index contributed by atoms with van der Waals surface area (Å²) in [6, 6.07) is 19.5. The number of carbonyl (C=O) groups is 3. The fourth-order valence-corrected chi connectivity index (χ4v) is 11.5. The number of thioether (sulfide) groups is 1. The van der Waals surface area contributed by atoms with E-state index in [1.54, 1.807) is 67.4 Å². The Hall–Kier alpha value is -3.58. The van der Waals surface area contributed by atoms with Crippen LogP contribution in [0.3, 0.4) is 0 Å². The summed E-state index contributed by atoms with van der Waals surface area (Å²) in [5.74, 6) is -0.725. The van der Waals surface area contributed by atoms with Gasteiger partial charge in [-0.3, -0.25) is 24.1 Å². The lowest BCUT2D eigenvalue weighted by Gasteiger charge is -2.43. The number of imide groups is 1. The molecule has 1 aromatic heterocycles. The van der Waals surface area contributed by atoms with Gasteiger partial charge in [0.1, 0.15) is 11.5 Å². The zero-order chi connectivity index (χ0) is 32.6. The van der Waals surface area contributed by atoms with Crippen molar-refractivity contribution in [2.45, 2.75) is 22.6 Å². The van der Waals surface area contributed by atoms with Crippen molar-refractivity contribution in [3.63, 3.8) is 0 Å². The molecule has 0 radical (unpaired) electrons. The molecular weight excluding hydrogens is 726 g/mol. The number of H-pyrrole nitrogens is 1. The van der Waals surface area contributed by atoms with E-state index >= 15 is 0 Å². The van der Waals surface area contributed by atoms with Crippen molar-refractivity contribution in [2.24, 2.45) is 29.6 Å². The monoisotopic (exact) mass is 751 g/mol. The number of rotatable bonds is 7. The van der Waals surface area contributed by atoms with Crippen LogP contribution in [-0.2, 0) is 14.4 Å². The molecule has 2 N–H and O–H groups in total. The van der Waals surface area contributed by atoms with Crippen molar-refractivity contribution in [1.29, 1.82) is 0 Å². The van der Waals surface area contributed by atoms with Gasteiger partial charge in [0, 0.05) is 36.8 Å². The molecule has 9 nitrogen and oxygen atoms in total. The number of hydrogen-bond acceptors (Lipinski definition) is 8. The minimum absolute atomic E-state index is 0.0103. The number of nitrogens with one attached hydrogen (secondary N) is 2. The molecule has 4 aliphatic rings. The van der Waals surface area contributed by atoms with E-state index in [1.165, 1.54) is 16.2 Å². The van der Waals surface area contributed by atoms with E-state index in [0.29, 0.717) is 27.9 Å². The molecule has 6 unspecified atom stereocenters. The molecule has 13 heteroatoms. The third-order valence-electron chi connectivity index (χ3n) is 9.85. The highest BCUT2D eigenvalue weighted by Gasteiger charge is 2.69. The predicted molar refractivity (Wildman–Crippen MR) is 184 cm³/mol. The molecule has 2 aliphatic heterocycles. The Morgan fingerprint density at radius 1 is 1.02 bits per heavy atom. The summed E-state index contributed by atoms with van der Waals surface area (Å²) >= 11 is 12.5. The smallest absolute Gasteiger partial charge is 0.305 e. The molecule has 47 heavy (non-hydrogen) atoms. The topological polar surface area (TPSA) is 118 Å². The van der Waals surface area contributed by atoms with Crippen LogP contribution in [0.15, 0.2) is 81.0 Å². The summed E-state index contributed by atoms with van der Waals surface area (Å²) in [7, 11) is 1.58. The second-order valence-electron chi connectivity index (χ2n) is 12.2. The molecule has 2 saturated carbocycles. The number of hydrogen-bond donors (Lipinski definition) is 2. The Balaban J connectivity index is 1.12. The minimum atomic E-state index is -0.448. The van der Waals surface area contributed by atoms with Crippen molar-refractivity contribution in [3.8, 4) is 11.5 Å². The molecule has 3 amide bonds. The maximum absolute atomic E-state index is 14.1. The Morgan fingerprint density at radius 3 is 2.47 bits per heavy atom. The minimum Gasteiger partial charge on any atom is -0.497 e. The van der Waals surface area contributed by atoms with Gasteiger partial charge in [0.05, 0.1) is 29.7 Å². The highest BCUT2D eigenvalue weighted by molar-refractivity contribution is 9.10. The maximum atomic E-state index is 14.1. The highest BCUT2D eigenvalue weighted by Crippen LogP contribution is 2.69. The van der Waals surface area contributed by atoms with E-state index in [1.807, 2.05) is 18.2 Å². The number of carbonyl (C=O) groups excluding carboxylic acids is 3. The fraction of sp³-hybridized carbons (Fsp3) is 0.294. The second kappa shape index (κ2) is 11.8. The van der Waals surface area contributed by atoms with Crippen molar-refractivity contribution in [3.05, 3.63) is 96.3 Å². The largest absolute Gasteiger partial charge is 0.497 e. The van der Waals surface area contributed by atoms with Crippen LogP contribution >= 0.6 is 50.6 Å². The lowest BCUT2D eigenvalue weighted by atomic mass is 9.68. The molecule has 240 valence electrons. The van der Waals surface area contributed by atoms with Crippen molar-refractivity contribution in [1.82, 2.24) is 4.98 Å². The molecule has 8 rings (SSSR count). The van der Waals surface area contributed by atoms with Crippen molar-refractivity contribution < 1.29 is 23.9 Å². The van der Waals surface area contributed by atoms with Gasteiger partial charge >= 0.3 is 4.87 Å². The molecule has 2 bridgehead atoms. The number of fused-ring (bicyclic) bond motifs is 9. The van der Waals surface area contributed by atoms with Gasteiger partial charge < -0.3 is 19.8 Å². The first kappa shape index (κ1) is 30.7. The van der Waals surface area contributed by atoms with Crippen LogP contribution in [0.4, 0.5) is 11.4 Å². The molecule has 2 aliphatic carbocycles. The van der Waals surface area contributed by atoms with Crippen LogP contribution in [0.2, 0.25) is 5.02 Å². The third kappa shape index (κ3) is 5.11. The molecule has 3 aromatic carbocycles. The Bertz CT molecular complexity index is 1980. The van der Waals surface area contributed by atoms with Gasteiger partial charge in [0.15, 0.2) is 6.61 Å². The standard InChI is InChI=1S/C34H27BrClN3O6S2/c1-44-19-9-5-17(6-10-19)37-24(40)14-45-23-11-2-15(35)12-20(23)25-26-21-13-22(29(26)46-31-30(25)47-34(43)38-31)28-27(21)32(41)39(33(28)42)18-7-3-16(36)4-8-18/h2-12,21-22,25-29H,13-14H2,1H3,(H,37,40)(H,38,43)/t21?,22?,25-,26?,27?,28?,29?/m1/s1. The predicted octanol–water partition coefficient (Wildman–Crippen LogP) is 6.56. The number of methoxy groups -OCH3 is 1. The van der Waals surface area contributed by atoms with Gasteiger partial charge in [-0.15, -0.1) is 11.8 Å². The summed E-state index contributed by atoms with van der Waals surface area (Å²) in [6.45, 7) is -0.230. The lowest BCUT2D eigenvalue weighted by Crippen LogP contribution is -2.42. The SMILES string of the molecule is COc1ccc(NC(=O)COc2ccc(Br)cc2[C@H]2c3sc(=O)[nH]c3SC3C4CC(C5C(=O)N(c6ccc(Cl)cc6)C(=O)C45)C32)cc1. The molecule has 1 saturated heterocycles. The van der Waals surface area contributed by atoms with E-state index in [2.05, 4.69) is 26.2 Å². The van der Waals surface area contributed by atoms with Crippen LogP contribution in [0, 0.1) is 29.6 Å². The van der Waals surface area contributed by atoms with Crippen LogP contribution in [0.1, 0.15) is 22.8 Å². The van der Waals surface area contributed by atoms with E-state index in [4.69, 9.17) is 21.1 Å². The maximum Gasteiger partial charge on any atom is 0.305 e. The lowest BCUT2D eigenvalue weighted by molar-refractivity contribution is -0.123. The first-order valence-corrected chi connectivity index (χ1v) is 18.0. The second-order valence-corrected chi connectivity index (χ2v) is 15.8. The van der Waals surface area contributed by atoms with Gasteiger partial charge in [0.2, 0.25) is 11.8 Å². The Kier molecular flexibility index (Phi) is 7.74. The average Bonchev–Trinajstić information content (AvgIpc) is 3.80. The van der Waals surface area contributed by atoms with Gasteiger partial charge in [0.25, 0.3) is 5.91 Å². The molecule has 3 fully saturated rings. The summed E-state index contributed by atoms with van der Waals surface area (Å²) in [5, 5.41) is 4.19. The third-order valence-corrected chi connectivity index (χ3v) is 13.2. The number of ether oxygens (including phenoxy) is 2.